The fraction of sp³-hybridized carbons (Fsp3) is 0.700. The average molecular weight is 335 g/mol. The molecule has 0 spiro atoms. The highest BCUT2D eigenvalue weighted by Gasteiger charge is 2.41. The molecule has 4 heteroatoms. The summed E-state index contributed by atoms with van der Waals surface area (Å²) in [5.41, 5.74) is 1.11. The highest BCUT2D eigenvalue weighted by molar-refractivity contribution is 5.36. The number of nitrogens with zero attached hydrogens (tertiary/aromatic N) is 2. The molecule has 2 N–H and O–H groups in total. The van der Waals surface area contributed by atoms with Gasteiger partial charge in [0.25, 0.3) is 0 Å². The van der Waals surface area contributed by atoms with E-state index in [0.717, 1.165) is 12.8 Å². The van der Waals surface area contributed by atoms with Crippen LogP contribution in [0.25, 0.3) is 0 Å². The van der Waals surface area contributed by atoms with Crippen LogP contribution in [0, 0.1) is 0 Å². The second-order valence-electron chi connectivity index (χ2n) is 9.68. The van der Waals surface area contributed by atoms with Crippen LogP contribution in [-0.4, -0.2) is 42.7 Å². The summed E-state index contributed by atoms with van der Waals surface area (Å²) >= 11 is 0. The van der Waals surface area contributed by atoms with Crippen molar-refractivity contribution in [3.8, 4) is 0 Å². The van der Waals surface area contributed by atoms with E-state index in [4.69, 9.17) is 0 Å². The first-order valence-electron chi connectivity index (χ1n) is 8.77. The van der Waals surface area contributed by atoms with Crippen LogP contribution in [0.15, 0.2) is 35.5 Å². The first-order valence-corrected chi connectivity index (χ1v) is 8.77. The van der Waals surface area contributed by atoms with Crippen LogP contribution in [0.3, 0.4) is 0 Å². The van der Waals surface area contributed by atoms with Crippen molar-refractivity contribution in [1.29, 1.82) is 0 Å². The summed E-state index contributed by atoms with van der Waals surface area (Å²) in [6.45, 7) is 16.3. The number of allylic oxidation sites excluding steroid dienone is 2. The molecule has 2 rings (SSSR count). The summed E-state index contributed by atoms with van der Waals surface area (Å²) in [6.07, 6.45) is 10.2. The second-order valence-corrected chi connectivity index (χ2v) is 9.68. The highest BCUT2D eigenvalue weighted by atomic mass is 16.5. The summed E-state index contributed by atoms with van der Waals surface area (Å²) in [5, 5.41) is 23.7. The van der Waals surface area contributed by atoms with Crippen molar-refractivity contribution >= 4 is 0 Å². The molecule has 0 unspecified atom stereocenters. The molecule has 0 saturated carbocycles. The van der Waals surface area contributed by atoms with E-state index in [-0.39, 0.29) is 22.2 Å². The van der Waals surface area contributed by atoms with Gasteiger partial charge < -0.3 is 10.4 Å². The van der Waals surface area contributed by atoms with Gasteiger partial charge in [-0.25, -0.2) is 0 Å². The Morgan fingerprint density at radius 2 is 1.00 bits per heavy atom. The van der Waals surface area contributed by atoms with E-state index in [1.807, 2.05) is 27.7 Å². The van der Waals surface area contributed by atoms with Gasteiger partial charge >= 0.3 is 0 Å². The Kier molecular flexibility index (Phi) is 4.69. The van der Waals surface area contributed by atoms with E-state index in [9.17, 15) is 10.4 Å². The molecule has 0 bridgehead atoms. The highest BCUT2D eigenvalue weighted by Crippen LogP contribution is 2.38. The summed E-state index contributed by atoms with van der Waals surface area (Å²) in [5.74, 6) is 0. The maximum absolute atomic E-state index is 10.4. The molecule has 0 aromatic rings. The molecule has 0 aromatic heterocycles. The molecule has 0 amide bonds. The lowest BCUT2D eigenvalue weighted by molar-refractivity contribution is -0.213. The smallest absolute Gasteiger partial charge is 0.0595 e. The maximum Gasteiger partial charge on any atom is 0.0595 e. The molecule has 0 fully saturated rings. The molecule has 2 heterocycles. The molecule has 0 radical (unpaired) electrons. The van der Waals surface area contributed by atoms with Crippen LogP contribution in [0.4, 0.5) is 0 Å². The number of hydroxylamine groups is 4. The van der Waals surface area contributed by atoms with Gasteiger partial charge in [-0.2, -0.15) is 10.1 Å². The minimum atomic E-state index is -0.386. The lowest BCUT2D eigenvalue weighted by Crippen LogP contribution is -2.55. The van der Waals surface area contributed by atoms with E-state index < -0.39 is 0 Å². The Bertz CT molecular complexity index is 543. The van der Waals surface area contributed by atoms with Crippen LogP contribution < -0.4 is 0 Å². The lowest BCUT2D eigenvalue weighted by atomic mass is 9.81. The molecular weight excluding hydrogens is 300 g/mol. The molecule has 0 aliphatic carbocycles. The largest absolute Gasteiger partial charge is 0.313 e. The van der Waals surface area contributed by atoms with Gasteiger partial charge in [0.05, 0.1) is 11.1 Å². The fourth-order valence-electron chi connectivity index (χ4n) is 4.27. The van der Waals surface area contributed by atoms with Gasteiger partial charge in [0.15, 0.2) is 0 Å². The van der Waals surface area contributed by atoms with E-state index in [1.165, 1.54) is 21.3 Å². The lowest BCUT2D eigenvalue weighted by Gasteiger charge is -2.47. The monoisotopic (exact) mass is 334 g/mol. The third kappa shape index (κ3) is 3.67. The SMILES string of the molecule is CC1(C)C=C(/C=C/C2=CC(C)(C)N(O)C(C)(C)C2)CC(C)(C)N1O. The zero-order chi connectivity index (χ0) is 18.6. The van der Waals surface area contributed by atoms with Gasteiger partial charge in [-0.3, -0.25) is 0 Å². The van der Waals surface area contributed by atoms with Gasteiger partial charge in [0, 0.05) is 11.1 Å². The van der Waals surface area contributed by atoms with E-state index in [1.54, 1.807) is 0 Å². The first-order chi connectivity index (χ1) is 10.7. The molecule has 24 heavy (non-hydrogen) atoms. The normalized spacial score (nSPS) is 29.4. The van der Waals surface area contributed by atoms with Crippen molar-refractivity contribution in [2.75, 3.05) is 0 Å². The van der Waals surface area contributed by atoms with E-state index in [2.05, 4.69) is 52.0 Å². The Morgan fingerprint density at radius 1 is 0.708 bits per heavy atom. The first kappa shape index (κ1) is 19.4. The van der Waals surface area contributed by atoms with Crippen LogP contribution in [-0.2, 0) is 0 Å². The molecule has 0 atom stereocenters. The molecule has 4 nitrogen and oxygen atoms in total. The van der Waals surface area contributed by atoms with Gasteiger partial charge in [-0.05, 0) is 79.4 Å². The third-order valence-corrected chi connectivity index (χ3v) is 5.10. The van der Waals surface area contributed by atoms with Crippen molar-refractivity contribution in [3.05, 3.63) is 35.5 Å². The van der Waals surface area contributed by atoms with Gasteiger partial charge in [0.2, 0.25) is 0 Å². The van der Waals surface area contributed by atoms with Crippen molar-refractivity contribution in [3.63, 3.8) is 0 Å². The van der Waals surface area contributed by atoms with E-state index >= 15 is 0 Å². The molecule has 136 valence electrons. The quantitative estimate of drug-likeness (QED) is 0.768. The number of rotatable bonds is 2. The minimum absolute atomic E-state index is 0.292. The predicted octanol–water partition coefficient (Wildman–Crippen LogP) is 4.70. The Labute approximate surface area is 147 Å². The number of hydrogen-bond donors (Lipinski definition) is 2. The Hall–Kier alpha value is -0.940. The van der Waals surface area contributed by atoms with Crippen LogP contribution in [0.1, 0.15) is 68.2 Å². The van der Waals surface area contributed by atoms with Crippen molar-refractivity contribution in [2.45, 2.75) is 90.4 Å². The van der Waals surface area contributed by atoms with Crippen LogP contribution in [0.5, 0.6) is 0 Å². The number of hydrogen-bond acceptors (Lipinski definition) is 4. The molecular formula is C20H34N2O2. The van der Waals surface area contributed by atoms with Crippen molar-refractivity contribution in [1.82, 2.24) is 10.1 Å². The van der Waals surface area contributed by atoms with Crippen molar-refractivity contribution < 1.29 is 10.4 Å². The standard InChI is InChI=1S/C20H34N2O2/c1-17(2)11-15(12-18(3,4)21(17)23)9-10-16-13-19(5,6)22(24)20(7,8)14-16/h9-11,13,23-24H,12,14H2,1-8H3/b10-9+. The van der Waals surface area contributed by atoms with Crippen LogP contribution >= 0.6 is 0 Å². The molecule has 0 saturated heterocycles. The van der Waals surface area contributed by atoms with Gasteiger partial charge in [0.1, 0.15) is 0 Å². The van der Waals surface area contributed by atoms with Crippen LogP contribution in [0.2, 0.25) is 0 Å². The summed E-state index contributed by atoms with van der Waals surface area (Å²) in [6, 6.07) is 0. The zero-order valence-electron chi connectivity index (χ0n) is 16.5. The molecule has 2 aliphatic heterocycles. The van der Waals surface area contributed by atoms with E-state index in [0.29, 0.717) is 0 Å². The fourth-order valence-corrected chi connectivity index (χ4v) is 4.27. The third-order valence-electron chi connectivity index (χ3n) is 5.10. The topological polar surface area (TPSA) is 46.9 Å². The maximum atomic E-state index is 10.4. The zero-order valence-corrected chi connectivity index (χ0v) is 16.5. The summed E-state index contributed by atoms with van der Waals surface area (Å²) < 4.78 is 0. The Balaban J connectivity index is 2.28. The molecule has 0 aromatic carbocycles. The predicted molar refractivity (Wildman–Crippen MR) is 98.1 cm³/mol. The average Bonchev–Trinajstić information content (AvgIpc) is 2.38. The second kappa shape index (κ2) is 5.80. The summed E-state index contributed by atoms with van der Waals surface area (Å²) in [7, 11) is 0. The molecule has 2 aliphatic rings. The van der Waals surface area contributed by atoms with Gasteiger partial charge in [-0.1, -0.05) is 24.3 Å². The Morgan fingerprint density at radius 3 is 1.25 bits per heavy atom. The summed E-state index contributed by atoms with van der Waals surface area (Å²) in [4.78, 5) is 0. The van der Waals surface area contributed by atoms with Crippen molar-refractivity contribution in [2.24, 2.45) is 0 Å². The van der Waals surface area contributed by atoms with Gasteiger partial charge in [-0.15, -0.1) is 0 Å². The minimum Gasteiger partial charge on any atom is -0.313 e.